The maximum Gasteiger partial charge on any atom is 0.0715 e. The fourth-order valence-corrected chi connectivity index (χ4v) is 4.25. The first kappa shape index (κ1) is 13.3. The van der Waals surface area contributed by atoms with Crippen LogP contribution in [0.1, 0.15) is 37.8 Å². The Labute approximate surface area is 114 Å². The summed E-state index contributed by atoms with van der Waals surface area (Å²) in [5, 5.41) is 1.35. The summed E-state index contributed by atoms with van der Waals surface area (Å²) in [6.45, 7) is 0. The van der Waals surface area contributed by atoms with Gasteiger partial charge in [-0.05, 0) is 18.9 Å². The Morgan fingerprint density at radius 2 is 2.00 bits per heavy atom. The lowest BCUT2D eigenvalue weighted by atomic mass is 10.0. The highest BCUT2D eigenvalue weighted by molar-refractivity contribution is 7.84. The average molecular weight is 292 g/mol. The van der Waals surface area contributed by atoms with Crippen LogP contribution < -0.4 is 0 Å². The SMILES string of the molecule is O=[S@@](Cc1ncc(Cl)cc1Cl)C1CCCCC1. The first-order valence-corrected chi connectivity index (χ1v) is 7.97. The van der Waals surface area contributed by atoms with Crippen LogP contribution in [0.4, 0.5) is 0 Å². The fourth-order valence-electron chi connectivity index (χ4n) is 2.13. The third-order valence-electron chi connectivity index (χ3n) is 3.09. The van der Waals surface area contributed by atoms with Crippen LogP contribution >= 0.6 is 23.2 Å². The quantitative estimate of drug-likeness (QED) is 0.843. The van der Waals surface area contributed by atoms with Gasteiger partial charge in [0.25, 0.3) is 0 Å². The lowest BCUT2D eigenvalue weighted by Crippen LogP contribution is -2.20. The third kappa shape index (κ3) is 3.67. The molecule has 1 fully saturated rings. The standard InChI is InChI=1S/C12H15Cl2NOS/c13-9-6-11(14)12(15-7-9)8-17(16)10-4-2-1-3-5-10/h6-7,10H,1-5,8H2/t17-/m0/s1. The Morgan fingerprint density at radius 1 is 1.29 bits per heavy atom. The summed E-state index contributed by atoms with van der Waals surface area (Å²) in [4.78, 5) is 4.16. The smallest absolute Gasteiger partial charge is 0.0715 e. The highest BCUT2D eigenvalue weighted by Crippen LogP contribution is 2.25. The summed E-state index contributed by atoms with van der Waals surface area (Å²) >= 11 is 11.8. The molecule has 17 heavy (non-hydrogen) atoms. The van der Waals surface area contributed by atoms with Gasteiger partial charge in [0.2, 0.25) is 0 Å². The summed E-state index contributed by atoms with van der Waals surface area (Å²) in [6.07, 6.45) is 7.35. The maximum absolute atomic E-state index is 12.2. The van der Waals surface area contributed by atoms with Crippen LogP contribution in [0.25, 0.3) is 0 Å². The minimum Gasteiger partial charge on any atom is -0.259 e. The number of nitrogens with zero attached hydrogens (tertiary/aromatic N) is 1. The third-order valence-corrected chi connectivity index (χ3v) is 5.39. The number of hydrogen-bond acceptors (Lipinski definition) is 2. The Hall–Kier alpha value is -0.120. The summed E-state index contributed by atoms with van der Waals surface area (Å²) in [6, 6.07) is 1.66. The van der Waals surface area contributed by atoms with Gasteiger partial charge in [-0.25, -0.2) is 0 Å². The van der Waals surface area contributed by atoms with Crippen LogP contribution in [0, 0.1) is 0 Å². The maximum atomic E-state index is 12.2. The van der Waals surface area contributed by atoms with Crippen LogP contribution in [-0.4, -0.2) is 14.4 Å². The van der Waals surface area contributed by atoms with E-state index in [1.807, 2.05) is 0 Å². The Balaban J connectivity index is 2.02. The zero-order chi connectivity index (χ0) is 12.3. The van der Waals surface area contributed by atoms with Gasteiger partial charge >= 0.3 is 0 Å². The zero-order valence-corrected chi connectivity index (χ0v) is 11.8. The topological polar surface area (TPSA) is 30.0 Å². The normalized spacial score (nSPS) is 19.2. The van der Waals surface area contributed by atoms with E-state index in [4.69, 9.17) is 23.2 Å². The molecular formula is C12H15Cl2NOS. The van der Waals surface area contributed by atoms with Gasteiger partial charge < -0.3 is 0 Å². The molecule has 1 atom stereocenters. The second kappa shape index (κ2) is 6.17. The number of hydrogen-bond donors (Lipinski definition) is 0. The lowest BCUT2D eigenvalue weighted by Gasteiger charge is -2.20. The molecule has 2 nitrogen and oxygen atoms in total. The van der Waals surface area contributed by atoms with Crippen molar-refractivity contribution in [2.24, 2.45) is 0 Å². The second-order valence-corrected chi connectivity index (χ2v) is 6.93. The Kier molecular flexibility index (Phi) is 4.83. The molecule has 1 aromatic heterocycles. The largest absolute Gasteiger partial charge is 0.259 e. The van der Waals surface area contributed by atoms with E-state index in [9.17, 15) is 4.21 Å². The molecule has 0 N–H and O–H groups in total. The first-order valence-electron chi connectivity index (χ1n) is 5.84. The van der Waals surface area contributed by atoms with Crippen molar-refractivity contribution in [1.82, 2.24) is 4.98 Å². The van der Waals surface area contributed by atoms with Gasteiger partial charge in [0.05, 0.1) is 21.5 Å². The molecule has 0 amide bonds. The van der Waals surface area contributed by atoms with Crippen molar-refractivity contribution in [3.05, 3.63) is 28.0 Å². The summed E-state index contributed by atoms with van der Waals surface area (Å²) in [7, 11) is -0.864. The van der Waals surface area contributed by atoms with Gasteiger partial charge in [-0.3, -0.25) is 9.19 Å². The number of aromatic nitrogens is 1. The molecule has 0 aromatic carbocycles. The molecule has 0 radical (unpaired) electrons. The lowest BCUT2D eigenvalue weighted by molar-refractivity contribution is 0.504. The molecule has 1 saturated carbocycles. The van der Waals surface area contributed by atoms with Crippen LogP contribution in [-0.2, 0) is 16.6 Å². The molecule has 0 aliphatic heterocycles. The number of halogens is 2. The van der Waals surface area contributed by atoms with Crippen molar-refractivity contribution in [3.63, 3.8) is 0 Å². The first-order chi connectivity index (χ1) is 8.16. The van der Waals surface area contributed by atoms with E-state index < -0.39 is 10.8 Å². The molecule has 2 rings (SSSR count). The van der Waals surface area contributed by atoms with Crippen molar-refractivity contribution >= 4 is 34.0 Å². The number of rotatable bonds is 3. The zero-order valence-electron chi connectivity index (χ0n) is 9.49. The molecule has 1 aliphatic rings. The van der Waals surface area contributed by atoms with Crippen molar-refractivity contribution in [3.8, 4) is 0 Å². The van der Waals surface area contributed by atoms with Crippen molar-refractivity contribution in [2.75, 3.05) is 0 Å². The van der Waals surface area contributed by atoms with E-state index in [0.717, 1.165) is 12.8 Å². The monoisotopic (exact) mass is 291 g/mol. The van der Waals surface area contributed by atoms with Gasteiger partial charge in [-0.2, -0.15) is 0 Å². The van der Waals surface area contributed by atoms with Crippen molar-refractivity contribution in [1.29, 1.82) is 0 Å². The van der Waals surface area contributed by atoms with Gasteiger partial charge in [0.1, 0.15) is 0 Å². The fraction of sp³-hybridized carbons (Fsp3) is 0.583. The molecule has 0 unspecified atom stereocenters. The van der Waals surface area contributed by atoms with Crippen LogP contribution in [0.5, 0.6) is 0 Å². The molecule has 1 aromatic rings. The molecule has 1 heterocycles. The summed E-state index contributed by atoms with van der Waals surface area (Å²) < 4.78 is 12.2. The second-order valence-electron chi connectivity index (χ2n) is 4.37. The highest BCUT2D eigenvalue weighted by Gasteiger charge is 2.21. The molecule has 1 aliphatic carbocycles. The summed E-state index contributed by atoms with van der Waals surface area (Å²) in [5.41, 5.74) is 0.694. The van der Waals surface area contributed by atoms with E-state index in [2.05, 4.69) is 4.98 Å². The van der Waals surface area contributed by atoms with E-state index in [0.29, 0.717) is 26.7 Å². The minimum atomic E-state index is -0.864. The van der Waals surface area contributed by atoms with Crippen molar-refractivity contribution < 1.29 is 4.21 Å². The molecule has 0 spiro atoms. The molecular weight excluding hydrogens is 277 g/mol. The number of pyridine rings is 1. The van der Waals surface area contributed by atoms with E-state index >= 15 is 0 Å². The van der Waals surface area contributed by atoms with Crippen LogP contribution in [0.3, 0.4) is 0 Å². The molecule has 94 valence electrons. The van der Waals surface area contributed by atoms with E-state index in [1.54, 1.807) is 12.3 Å². The van der Waals surface area contributed by atoms with Gasteiger partial charge in [-0.15, -0.1) is 0 Å². The Bertz CT molecular complexity index is 419. The van der Waals surface area contributed by atoms with Gasteiger partial charge in [0, 0.05) is 22.2 Å². The molecule has 0 bridgehead atoms. The average Bonchev–Trinajstić information content (AvgIpc) is 2.34. The van der Waals surface area contributed by atoms with Crippen LogP contribution in [0.15, 0.2) is 12.3 Å². The van der Waals surface area contributed by atoms with Gasteiger partial charge in [0.15, 0.2) is 0 Å². The highest BCUT2D eigenvalue weighted by atomic mass is 35.5. The van der Waals surface area contributed by atoms with Crippen molar-refractivity contribution in [2.45, 2.75) is 43.1 Å². The van der Waals surface area contributed by atoms with E-state index in [1.165, 1.54) is 19.3 Å². The summed E-state index contributed by atoms with van der Waals surface area (Å²) in [5.74, 6) is 0.445. The van der Waals surface area contributed by atoms with E-state index in [-0.39, 0.29) is 0 Å². The van der Waals surface area contributed by atoms with Crippen LogP contribution in [0.2, 0.25) is 10.0 Å². The minimum absolute atomic E-state index is 0.317. The Morgan fingerprint density at radius 3 is 2.65 bits per heavy atom. The predicted octanol–water partition coefficient (Wildman–Crippen LogP) is 3.97. The molecule has 0 saturated heterocycles. The molecule has 5 heteroatoms. The predicted molar refractivity (Wildman–Crippen MR) is 73.0 cm³/mol. The van der Waals surface area contributed by atoms with Gasteiger partial charge in [-0.1, -0.05) is 42.5 Å².